The van der Waals surface area contributed by atoms with Gasteiger partial charge in [0.05, 0.1) is 35.5 Å². The highest BCUT2D eigenvalue weighted by atomic mass is 35.5. The third kappa shape index (κ3) is 4.82. The topological polar surface area (TPSA) is 121 Å². The number of hydrogen-bond donors (Lipinski definition) is 2. The van der Waals surface area contributed by atoms with Crippen LogP contribution in [0.2, 0.25) is 5.02 Å². The van der Waals surface area contributed by atoms with Gasteiger partial charge in [0.2, 0.25) is 0 Å². The number of halogens is 1. The monoisotopic (exact) mass is 483 g/mol. The largest absolute Gasteiger partial charge is 0.365 e. The number of nitrogens with one attached hydrogen (secondary N) is 1. The van der Waals surface area contributed by atoms with E-state index in [1.807, 2.05) is 37.3 Å². The van der Waals surface area contributed by atoms with E-state index >= 15 is 0 Å². The van der Waals surface area contributed by atoms with Gasteiger partial charge in [-0.05, 0) is 12.5 Å². The molecule has 0 bridgehead atoms. The van der Waals surface area contributed by atoms with E-state index < -0.39 is 23.6 Å². The Balaban J connectivity index is 1.66. The summed E-state index contributed by atoms with van der Waals surface area (Å²) in [5.41, 5.74) is 7.51. The van der Waals surface area contributed by atoms with E-state index in [9.17, 15) is 9.59 Å². The van der Waals surface area contributed by atoms with Crippen molar-refractivity contribution < 1.29 is 19.1 Å². The number of carbonyl (C=O) groups is 2. The third-order valence-corrected chi connectivity index (χ3v) is 5.85. The standard InChI is InChI=1S/C24H26ClN5O4/c1-2-3-9-20(24(23(26)32)33-10-11-34-24)29-22(31)18-12-17(25)13-27-21(18)30-14-19(28-15-30)16-7-5-4-6-8-16/h4-8,12-15,20H,2-3,9-11H2,1H3,(H2,26,32)(H,29,31). The molecule has 1 unspecified atom stereocenters. The van der Waals surface area contributed by atoms with Crippen molar-refractivity contribution in [3.05, 3.63) is 65.7 Å². The van der Waals surface area contributed by atoms with Crippen molar-refractivity contribution in [2.24, 2.45) is 5.73 Å². The second-order valence-electron chi connectivity index (χ2n) is 7.95. The first-order valence-electron chi connectivity index (χ1n) is 11.1. The quantitative estimate of drug-likeness (QED) is 0.482. The molecule has 1 fully saturated rings. The van der Waals surface area contributed by atoms with Crippen molar-refractivity contribution in [1.82, 2.24) is 19.9 Å². The lowest BCUT2D eigenvalue weighted by atomic mass is 9.99. The van der Waals surface area contributed by atoms with E-state index in [0.717, 1.165) is 24.1 Å². The number of ether oxygens (including phenoxy) is 2. The van der Waals surface area contributed by atoms with Crippen molar-refractivity contribution in [3.63, 3.8) is 0 Å². The molecular formula is C24H26ClN5O4. The van der Waals surface area contributed by atoms with Gasteiger partial charge in [0.1, 0.15) is 6.33 Å². The lowest BCUT2D eigenvalue weighted by Gasteiger charge is -2.33. The Morgan fingerprint density at radius 3 is 2.65 bits per heavy atom. The first-order valence-corrected chi connectivity index (χ1v) is 11.5. The number of nitrogens with zero attached hydrogens (tertiary/aromatic N) is 3. The molecule has 1 atom stereocenters. The maximum atomic E-state index is 13.5. The fourth-order valence-electron chi connectivity index (χ4n) is 3.95. The molecule has 178 valence electrons. The molecule has 0 spiro atoms. The van der Waals surface area contributed by atoms with E-state index in [-0.39, 0.29) is 18.8 Å². The lowest BCUT2D eigenvalue weighted by Crippen LogP contribution is -2.60. The number of unbranched alkanes of at least 4 members (excludes halogenated alkanes) is 1. The molecule has 1 saturated heterocycles. The Morgan fingerprint density at radius 2 is 1.97 bits per heavy atom. The van der Waals surface area contributed by atoms with Crippen LogP contribution in [0.5, 0.6) is 0 Å². The zero-order chi connectivity index (χ0) is 24.1. The van der Waals surface area contributed by atoms with E-state index in [1.54, 1.807) is 17.1 Å². The molecule has 0 radical (unpaired) electrons. The third-order valence-electron chi connectivity index (χ3n) is 5.64. The molecule has 0 saturated carbocycles. The summed E-state index contributed by atoms with van der Waals surface area (Å²) in [6.07, 6.45) is 6.84. The van der Waals surface area contributed by atoms with Crippen LogP contribution < -0.4 is 11.1 Å². The lowest BCUT2D eigenvalue weighted by molar-refractivity contribution is -0.190. The summed E-state index contributed by atoms with van der Waals surface area (Å²) in [6.45, 7) is 2.43. The minimum atomic E-state index is -1.72. The van der Waals surface area contributed by atoms with Crippen LogP contribution in [0.3, 0.4) is 0 Å². The number of amides is 2. The van der Waals surface area contributed by atoms with E-state index in [2.05, 4.69) is 15.3 Å². The van der Waals surface area contributed by atoms with Crippen molar-refractivity contribution in [2.75, 3.05) is 13.2 Å². The van der Waals surface area contributed by atoms with Crippen LogP contribution in [0, 0.1) is 0 Å². The Hall–Kier alpha value is -3.27. The average molecular weight is 484 g/mol. The minimum Gasteiger partial charge on any atom is -0.365 e. The molecule has 2 amide bonds. The van der Waals surface area contributed by atoms with Crippen molar-refractivity contribution in [1.29, 1.82) is 0 Å². The Kier molecular flexibility index (Phi) is 7.26. The van der Waals surface area contributed by atoms with Crippen molar-refractivity contribution in [2.45, 2.75) is 38.0 Å². The first-order chi connectivity index (χ1) is 16.4. The summed E-state index contributed by atoms with van der Waals surface area (Å²) in [5.74, 6) is -2.64. The number of hydrogen-bond acceptors (Lipinski definition) is 6. The number of aromatic nitrogens is 3. The highest BCUT2D eigenvalue weighted by Crippen LogP contribution is 2.28. The minimum absolute atomic E-state index is 0.211. The van der Waals surface area contributed by atoms with Gasteiger partial charge in [0.15, 0.2) is 5.82 Å². The first kappa shape index (κ1) is 23.9. The molecule has 1 aromatic carbocycles. The molecule has 2 aromatic heterocycles. The van der Waals surface area contributed by atoms with Gasteiger partial charge < -0.3 is 20.5 Å². The van der Waals surface area contributed by atoms with Gasteiger partial charge in [-0.1, -0.05) is 61.7 Å². The van der Waals surface area contributed by atoms with Gasteiger partial charge in [-0.2, -0.15) is 0 Å². The van der Waals surface area contributed by atoms with E-state index in [4.69, 9.17) is 26.8 Å². The fourth-order valence-corrected chi connectivity index (χ4v) is 4.10. The Morgan fingerprint density at radius 1 is 1.24 bits per heavy atom. The molecule has 3 aromatic rings. The molecule has 1 aliphatic rings. The summed E-state index contributed by atoms with van der Waals surface area (Å²) >= 11 is 6.18. The fraction of sp³-hybridized carbons (Fsp3) is 0.333. The average Bonchev–Trinajstić information content (AvgIpc) is 3.53. The Labute approximate surface area is 202 Å². The predicted octanol–water partition coefficient (Wildman–Crippen LogP) is 3.10. The van der Waals surface area contributed by atoms with Crippen LogP contribution >= 0.6 is 11.6 Å². The number of benzene rings is 1. The van der Waals surface area contributed by atoms with Crippen LogP contribution in [0.1, 0.15) is 36.5 Å². The van der Waals surface area contributed by atoms with Crippen molar-refractivity contribution >= 4 is 23.4 Å². The van der Waals surface area contributed by atoms with Crippen LogP contribution in [-0.2, 0) is 14.3 Å². The summed E-state index contributed by atoms with van der Waals surface area (Å²) in [6, 6.07) is 10.4. The Bertz CT molecular complexity index is 1160. The van der Waals surface area contributed by atoms with Gasteiger partial charge >= 0.3 is 0 Å². The second-order valence-corrected chi connectivity index (χ2v) is 8.39. The molecule has 4 rings (SSSR count). The molecule has 10 heteroatoms. The van der Waals surface area contributed by atoms with Gasteiger partial charge in [0.25, 0.3) is 17.6 Å². The van der Waals surface area contributed by atoms with E-state index in [1.165, 1.54) is 12.3 Å². The molecule has 1 aliphatic heterocycles. The number of imidazole rings is 1. The van der Waals surface area contributed by atoms with Crippen LogP contribution in [0.4, 0.5) is 0 Å². The normalized spacial score (nSPS) is 15.7. The smallest absolute Gasteiger partial charge is 0.280 e. The summed E-state index contributed by atoms with van der Waals surface area (Å²) in [7, 11) is 0. The maximum absolute atomic E-state index is 13.5. The molecular weight excluding hydrogens is 458 g/mol. The number of rotatable bonds is 9. The summed E-state index contributed by atoms with van der Waals surface area (Å²) < 4.78 is 12.9. The van der Waals surface area contributed by atoms with Gasteiger partial charge in [-0.3, -0.25) is 14.2 Å². The SMILES string of the molecule is CCCCC(NC(=O)c1cc(Cl)cnc1-n1cnc(-c2ccccc2)c1)C1(C(N)=O)OCCO1. The number of nitrogens with two attached hydrogens (primary N) is 1. The van der Waals surface area contributed by atoms with Gasteiger partial charge in [0, 0.05) is 18.0 Å². The molecule has 0 aliphatic carbocycles. The van der Waals surface area contributed by atoms with E-state index in [0.29, 0.717) is 17.3 Å². The summed E-state index contributed by atoms with van der Waals surface area (Å²) in [4.78, 5) is 34.6. The number of pyridine rings is 1. The second kappa shape index (κ2) is 10.3. The van der Waals surface area contributed by atoms with Gasteiger partial charge in [-0.25, -0.2) is 9.97 Å². The zero-order valence-corrected chi connectivity index (χ0v) is 19.5. The van der Waals surface area contributed by atoms with Gasteiger partial charge in [-0.15, -0.1) is 0 Å². The zero-order valence-electron chi connectivity index (χ0n) is 18.7. The molecule has 3 heterocycles. The van der Waals surface area contributed by atoms with Crippen LogP contribution in [0.25, 0.3) is 17.1 Å². The van der Waals surface area contributed by atoms with Crippen LogP contribution in [-0.4, -0.2) is 51.4 Å². The van der Waals surface area contributed by atoms with Crippen LogP contribution in [0.15, 0.2) is 55.1 Å². The molecule has 9 nitrogen and oxygen atoms in total. The highest BCUT2D eigenvalue weighted by molar-refractivity contribution is 6.30. The molecule has 3 N–H and O–H groups in total. The predicted molar refractivity (Wildman–Crippen MR) is 126 cm³/mol. The summed E-state index contributed by atoms with van der Waals surface area (Å²) in [5, 5.41) is 3.18. The molecule has 34 heavy (non-hydrogen) atoms. The number of carbonyl (C=O) groups excluding carboxylic acids is 2. The van der Waals surface area contributed by atoms with Crippen molar-refractivity contribution in [3.8, 4) is 17.1 Å². The highest BCUT2D eigenvalue weighted by Gasteiger charge is 2.50. The maximum Gasteiger partial charge on any atom is 0.280 e. The number of primary amides is 1.